The standard InChI is InChI=1S/C8H10N2OS2/c1-2-12-8-9-5-3-4-13-6(5)7(11)10-8/h2-4H2,1H3,(H,9,10,11). The van der Waals surface area contributed by atoms with E-state index in [0.717, 1.165) is 33.7 Å². The Morgan fingerprint density at radius 3 is 3.31 bits per heavy atom. The highest BCUT2D eigenvalue weighted by molar-refractivity contribution is 7.99. The van der Waals surface area contributed by atoms with Crippen molar-refractivity contribution in [2.24, 2.45) is 0 Å². The molecule has 1 aromatic heterocycles. The first-order chi connectivity index (χ1) is 6.31. The van der Waals surface area contributed by atoms with Gasteiger partial charge in [-0.2, -0.15) is 0 Å². The number of aromatic amines is 1. The Morgan fingerprint density at radius 1 is 1.69 bits per heavy atom. The van der Waals surface area contributed by atoms with Crippen molar-refractivity contribution < 1.29 is 0 Å². The molecule has 0 aliphatic carbocycles. The van der Waals surface area contributed by atoms with Crippen LogP contribution in [0.2, 0.25) is 0 Å². The van der Waals surface area contributed by atoms with E-state index in [1.54, 1.807) is 23.5 Å². The topological polar surface area (TPSA) is 45.8 Å². The molecule has 1 aliphatic rings. The highest BCUT2D eigenvalue weighted by Crippen LogP contribution is 2.27. The fraction of sp³-hybridized carbons (Fsp3) is 0.500. The number of nitrogens with zero attached hydrogens (tertiary/aromatic N) is 1. The second-order valence-electron chi connectivity index (χ2n) is 2.68. The van der Waals surface area contributed by atoms with Crippen LogP contribution in [0.5, 0.6) is 0 Å². The summed E-state index contributed by atoms with van der Waals surface area (Å²) >= 11 is 3.19. The maximum atomic E-state index is 11.5. The Kier molecular flexibility index (Phi) is 2.64. The van der Waals surface area contributed by atoms with Gasteiger partial charge >= 0.3 is 0 Å². The Balaban J connectivity index is 2.44. The van der Waals surface area contributed by atoms with Gasteiger partial charge in [-0.25, -0.2) is 4.98 Å². The van der Waals surface area contributed by atoms with Crippen molar-refractivity contribution in [3.05, 3.63) is 16.0 Å². The number of hydrogen-bond donors (Lipinski definition) is 1. The van der Waals surface area contributed by atoms with Gasteiger partial charge in [0.1, 0.15) is 0 Å². The van der Waals surface area contributed by atoms with Gasteiger partial charge in [-0.1, -0.05) is 18.7 Å². The molecule has 3 nitrogen and oxygen atoms in total. The molecule has 1 aliphatic heterocycles. The van der Waals surface area contributed by atoms with Crippen molar-refractivity contribution >= 4 is 23.5 Å². The van der Waals surface area contributed by atoms with Crippen LogP contribution < -0.4 is 5.56 Å². The van der Waals surface area contributed by atoms with Crippen molar-refractivity contribution in [2.45, 2.75) is 23.4 Å². The molecule has 0 unspecified atom stereocenters. The van der Waals surface area contributed by atoms with Gasteiger partial charge in [-0.15, -0.1) is 11.8 Å². The lowest BCUT2D eigenvalue weighted by Gasteiger charge is -2.00. The number of rotatable bonds is 2. The van der Waals surface area contributed by atoms with Gasteiger partial charge in [0, 0.05) is 12.2 Å². The molecule has 70 valence electrons. The van der Waals surface area contributed by atoms with Gasteiger partial charge in [-0.3, -0.25) is 4.79 Å². The minimum Gasteiger partial charge on any atom is -0.300 e. The normalized spacial score (nSPS) is 14.5. The number of hydrogen-bond acceptors (Lipinski definition) is 4. The molecule has 2 heterocycles. The van der Waals surface area contributed by atoms with E-state index in [-0.39, 0.29) is 5.56 Å². The summed E-state index contributed by atoms with van der Waals surface area (Å²) in [4.78, 5) is 19.5. The third-order valence-electron chi connectivity index (χ3n) is 1.79. The Bertz CT molecular complexity index is 375. The number of nitrogens with one attached hydrogen (secondary N) is 1. The third kappa shape index (κ3) is 1.76. The SMILES string of the molecule is CCSc1nc2c(c(=O)[nH]1)SCC2. The van der Waals surface area contributed by atoms with Crippen molar-refractivity contribution in [3.8, 4) is 0 Å². The molecule has 2 rings (SSSR count). The van der Waals surface area contributed by atoms with E-state index in [1.807, 2.05) is 6.92 Å². The van der Waals surface area contributed by atoms with Gasteiger partial charge in [0.2, 0.25) is 0 Å². The average Bonchev–Trinajstić information content (AvgIpc) is 2.53. The predicted molar refractivity (Wildman–Crippen MR) is 55.7 cm³/mol. The Hall–Kier alpha value is -0.420. The molecule has 1 N–H and O–H groups in total. The van der Waals surface area contributed by atoms with Crippen molar-refractivity contribution in [3.63, 3.8) is 0 Å². The van der Waals surface area contributed by atoms with Gasteiger partial charge in [0.15, 0.2) is 5.16 Å². The predicted octanol–water partition coefficient (Wildman–Crippen LogP) is 1.53. The van der Waals surface area contributed by atoms with Crippen LogP contribution in [0.1, 0.15) is 12.6 Å². The first-order valence-corrected chi connectivity index (χ1v) is 6.17. The molecule has 0 saturated heterocycles. The van der Waals surface area contributed by atoms with Crippen LogP contribution in [0, 0.1) is 0 Å². The fourth-order valence-corrected chi connectivity index (χ4v) is 2.87. The van der Waals surface area contributed by atoms with Crippen LogP contribution in [0.25, 0.3) is 0 Å². The van der Waals surface area contributed by atoms with E-state index in [4.69, 9.17) is 0 Å². The number of H-pyrrole nitrogens is 1. The molecular weight excluding hydrogens is 204 g/mol. The number of aromatic nitrogens is 2. The highest BCUT2D eigenvalue weighted by Gasteiger charge is 2.17. The smallest absolute Gasteiger partial charge is 0.265 e. The summed E-state index contributed by atoms with van der Waals surface area (Å²) in [6.07, 6.45) is 0.932. The summed E-state index contributed by atoms with van der Waals surface area (Å²) in [5.74, 6) is 1.93. The zero-order valence-electron chi connectivity index (χ0n) is 7.29. The van der Waals surface area contributed by atoms with Gasteiger partial charge in [0.05, 0.1) is 10.6 Å². The first-order valence-electron chi connectivity index (χ1n) is 4.20. The second kappa shape index (κ2) is 3.75. The van der Waals surface area contributed by atoms with E-state index >= 15 is 0 Å². The second-order valence-corrected chi connectivity index (χ2v) is 5.04. The van der Waals surface area contributed by atoms with Crippen LogP contribution in [-0.2, 0) is 6.42 Å². The monoisotopic (exact) mass is 214 g/mol. The average molecular weight is 214 g/mol. The Morgan fingerprint density at radius 2 is 2.54 bits per heavy atom. The van der Waals surface area contributed by atoms with Crippen molar-refractivity contribution in [1.29, 1.82) is 0 Å². The quantitative estimate of drug-likeness (QED) is 0.599. The largest absolute Gasteiger partial charge is 0.300 e. The number of thioether (sulfide) groups is 2. The number of fused-ring (bicyclic) bond motifs is 1. The summed E-state index contributed by atoms with van der Waals surface area (Å²) in [6.45, 7) is 2.05. The first kappa shape index (κ1) is 9.15. The van der Waals surface area contributed by atoms with Crippen LogP contribution in [0.4, 0.5) is 0 Å². The van der Waals surface area contributed by atoms with Crippen LogP contribution in [0.15, 0.2) is 14.8 Å². The van der Waals surface area contributed by atoms with Crippen LogP contribution in [0.3, 0.4) is 0 Å². The summed E-state index contributed by atoms with van der Waals surface area (Å²) in [7, 11) is 0. The van der Waals surface area contributed by atoms with E-state index < -0.39 is 0 Å². The lowest BCUT2D eigenvalue weighted by Crippen LogP contribution is -2.12. The van der Waals surface area contributed by atoms with Crippen LogP contribution in [-0.4, -0.2) is 21.5 Å². The molecule has 5 heteroatoms. The molecule has 0 spiro atoms. The molecule has 1 aromatic rings. The minimum atomic E-state index is 0.0310. The molecular formula is C8H10N2OS2. The van der Waals surface area contributed by atoms with Crippen LogP contribution >= 0.6 is 23.5 Å². The molecule has 0 saturated carbocycles. The van der Waals surface area contributed by atoms with Gasteiger partial charge in [0.25, 0.3) is 5.56 Å². The highest BCUT2D eigenvalue weighted by atomic mass is 32.2. The Labute approximate surface area is 84.7 Å². The van der Waals surface area contributed by atoms with Crippen molar-refractivity contribution in [1.82, 2.24) is 9.97 Å². The zero-order valence-corrected chi connectivity index (χ0v) is 8.93. The summed E-state index contributed by atoms with van der Waals surface area (Å²) in [6, 6.07) is 0. The van der Waals surface area contributed by atoms with E-state index in [2.05, 4.69) is 9.97 Å². The summed E-state index contributed by atoms with van der Waals surface area (Å²) < 4.78 is 0. The molecule has 13 heavy (non-hydrogen) atoms. The number of aryl methyl sites for hydroxylation is 1. The zero-order chi connectivity index (χ0) is 9.26. The maximum Gasteiger partial charge on any atom is 0.265 e. The third-order valence-corrected chi connectivity index (χ3v) is 3.67. The van der Waals surface area contributed by atoms with Crippen molar-refractivity contribution in [2.75, 3.05) is 11.5 Å². The van der Waals surface area contributed by atoms with Gasteiger partial charge in [-0.05, 0) is 5.75 Å². The molecule has 0 amide bonds. The lowest BCUT2D eigenvalue weighted by molar-refractivity contribution is 0.839. The lowest BCUT2D eigenvalue weighted by atomic mass is 10.3. The van der Waals surface area contributed by atoms with E-state index in [9.17, 15) is 4.79 Å². The molecule has 0 radical (unpaired) electrons. The molecule has 0 bridgehead atoms. The van der Waals surface area contributed by atoms with E-state index in [1.165, 1.54) is 0 Å². The van der Waals surface area contributed by atoms with E-state index in [0.29, 0.717) is 0 Å². The summed E-state index contributed by atoms with van der Waals surface area (Å²) in [5.41, 5.74) is 1.01. The molecule has 0 aromatic carbocycles. The summed E-state index contributed by atoms with van der Waals surface area (Å²) in [5, 5.41) is 0.758. The molecule has 0 atom stereocenters. The minimum absolute atomic E-state index is 0.0310. The maximum absolute atomic E-state index is 11.5. The molecule has 0 fully saturated rings. The van der Waals surface area contributed by atoms with Gasteiger partial charge < -0.3 is 4.98 Å². The fourth-order valence-electron chi connectivity index (χ4n) is 1.26.